The fraction of sp³-hybridized carbons (Fsp3) is 0.0690. The van der Waals surface area contributed by atoms with Crippen LogP contribution in [0.5, 0.6) is 0 Å². The van der Waals surface area contributed by atoms with Crippen molar-refractivity contribution in [3.8, 4) is 0 Å². The van der Waals surface area contributed by atoms with Crippen molar-refractivity contribution in [1.82, 2.24) is 5.43 Å². The highest BCUT2D eigenvalue weighted by Gasteiger charge is 2.27. The van der Waals surface area contributed by atoms with Gasteiger partial charge < -0.3 is 5.32 Å². The molecule has 0 atom stereocenters. The standard InChI is InChI=1S/C29H23Cl3N4O4S/c1-19(20-7-6-10-25(14-20)33-29(38)21-8-5-9-22(30)13-21)34-35-28(37)18-36(26-16-23(31)15-24(32)17-26)41(39,40)27-11-3-2-4-12-27/h2-17H,18H2,1H3,(H,33,38)(H,35,37)/b34-19-. The molecule has 41 heavy (non-hydrogen) atoms. The summed E-state index contributed by atoms with van der Waals surface area (Å²) < 4.78 is 27.9. The molecule has 210 valence electrons. The fourth-order valence-electron chi connectivity index (χ4n) is 3.75. The third-order valence-electron chi connectivity index (χ3n) is 5.73. The number of hydrogen-bond acceptors (Lipinski definition) is 5. The van der Waals surface area contributed by atoms with Crippen LogP contribution in [0.2, 0.25) is 15.1 Å². The van der Waals surface area contributed by atoms with E-state index in [9.17, 15) is 18.0 Å². The molecule has 4 aromatic carbocycles. The topological polar surface area (TPSA) is 108 Å². The lowest BCUT2D eigenvalue weighted by atomic mass is 10.1. The van der Waals surface area contributed by atoms with Crippen LogP contribution in [0.1, 0.15) is 22.8 Å². The van der Waals surface area contributed by atoms with E-state index in [1.807, 2.05) is 0 Å². The van der Waals surface area contributed by atoms with Crippen LogP contribution in [0, 0.1) is 0 Å². The van der Waals surface area contributed by atoms with Crippen LogP contribution < -0.4 is 15.0 Å². The number of hydrazone groups is 1. The normalized spacial score (nSPS) is 11.6. The van der Waals surface area contributed by atoms with Crippen LogP contribution in [0.3, 0.4) is 0 Å². The average molecular weight is 630 g/mol. The van der Waals surface area contributed by atoms with E-state index < -0.39 is 22.5 Å². The van der Waals surface area contributed by atoms with Gasteiger partial charge in [0.1, 0.15) is 6.54 Å². The summed E-state index contributed by atoms with van der Waals surface area (Å²) in [4.78, 5) is 25.5. The molecule has 0 aromatic heterocycles. The predicted molar refractivity (Wildman–Crippen MR) is 164 cm³/mol. The smallest absolute Gasteiger partial charge is 0.264 e. The molecule has 0 saturated heterocycles. The average Bonchev–Trinajstić information content (AvgIpc) is 2.94. The quantitative estimate of drug-likeness (QED) is 0.160. The number of anilines is 2. The van der Waals surface area contributed by atoms with Crippen molar-refractivity contribution in [3.63, 3.8) is 0 Å². The molecule has 2 N–H and O–H groups in total. The summed E-state index contributed by atoms with van der Waals surface area (Å²) in [5.74, 6) is -1.04. The third kappa shape index (κ3) is 7.86. The van der Waals surface area contributed by atoms with E-state index in [1.165, 1.54) is 30.3 Å². The second-order valence-corrected chi connectivity index (χ2v) is 11.9. The SMILES string of the molecule is C/C(=N/NC(=O)CN(c1cc(Cl)cc(Cl)c1)S(=O)(=O)c1ccccc1)c1cccc(NC(=O)c2cccc(Cl)c2)c1. The van der Waals surface area contributed by atoms with Gasteiger partial charge in [-0.2, -0.15) is 5.10 Å². The molecule has 0 aliphatic carbocycles. The number of benzene rings is 4. The molecule has 4 aromatic rings. The van der Waals surface area contributed by atoms with Crippen molar-refractivity contribution in [1.29, 1.82) is 0 Å². The van der Waals surface area contributed by atoms with Crippen LogP contribution in [0.4, 0.5) is 11.4 Å². The Morgan fingerprint density at radius 1 is 0.780 bits per heavy atom. The number of carbonyl (C=O) groups is 2. The number of hydrogen-bond donors (Lipinski definition) is 2. The van der Waals surface area contributed by atoms with Gasteiger partial charge in [0.15, 0.2) is 0 Å². The number of nitrogens with zero attached hydrogens (tertiary/aromatic N) is 2. The molecule has 0 aliphatic heterocycles. The zero-order chi connectivity index (χ0) is 29.6. The Balaban J connectivity index is 1.52. The maximum atomic E-state index is 13.5. The third-order valence-corrected chi connectivity index (χ3v) is 8.19. The highest BCUT2D eigenvalue weighted by Crippen LogP contribution is 2.29. The summed E-state index contributed by atoms with van der Waals surface area (Å²) in [6, 6.07) is 25.4. The lowest BCUT2D eigenvalue weighted by Crippen LogP contribution is -2.39. The predicted octanol–water partition coefficient (Wildman–Crippen LogP) is 6.63. The summed E-state index contributed by atoms with van der Waals surface area (Å²) >= 11 is 18.2. The van der Waals surface area contributed by atoms with Gasteiger partial charge in [-0.05, 0) is 73.2 Å². The summed E-state index contributed by atoms with van der Waals surface area (Å²) in [5.41, 5.74) is 4.46. The van der Waals surface area contributed by atoms with Gasteiger partial charge in [0.2, 0.25) is 0 Å². The van der Waals surface area contributed by atoms with E-state index in [2.05, 4.69) is 15.8 Å². The molecular weight excluding hydrogens is 607 g/mol. The van der Waals surface area contributed by atoms with Gasteiger partial charge in [-0.15, -0.1) is 0 Å². The molecular formula is C29H23Cl3N4O4S. The number of halogens is 3. The fourth-order valence-corrected chi connectivity index (χ4v) is 5.88. The van der Waals surface area contributed by atoms with E-state index in [1.54, 1.807) is 73.7 Å². The monoisotopic (exact) mass is 628 g/mol. The molecule has 12 heteroatoms. The van der Waals surface area contributed by atoms with E-state index in [4.69, 9.17) is 34.8 Å². The van der Waals surface area contributed by atoms with Gasteiger partial charge in [0, 0.05) is 26.3 Å². The Bertz CT molecular complexity index is 1710. The molecule has 0 aliphatic rings. The number of rotatable bonds is 9. The molecule has 0 radical (unpaired) electrons. The van der Waals surface area contributed by atoms with Crippen molar-refractivity contribution in [2.45, 2.75) is 11.8 Å². The lowest BCUT2D eigenvalue weighted by molar-refractivity contribution is -0.119. The maximum Gasteiger partial charge on any atom is 0.264 e. The van der Waals surface area contributed by atoms with Crippen LogP contribution >= 0.6 is 34.8 Å². The van der Waals surface area contributed by atoms with Crippen molar-refractivity contribution < 1.29 is 18.0 Å². The number of nitrogens with one attached hydrogen (secondary N) is 2. The second kappa shape index (κ2) is 13.2. The first-order valence-electron chi connectivity index (χ1n) is 12.1. The summed E-state index contributed by atoms with van der Waals surface area (Å²) in [5, 5.41) is 7.79. The molecule has 0 bridgehead atoms. The van der Waals surface area contributed by atoms with Gasteiger partial charge in [0.05, 0.1) is 16.3 Å². The van der Waals surface area contributed by atoms with Gasteiger partial charge in [0.25, 0.3) is 21.8 Å². The Morgan fingerprint density at radius 3 is 2.12 bits per heavy atom. The molecule has 0 spiro atoms. The summed E-state index contributed by atoms with van der Waals surface area (Å²) in [7, 11) is -4.16. The minimum Gasteiger partial charge on any atom is -0.322 e. The Hall–Kier alpha value is -3.89. The first-order chi connectivity index (χ1) is 19.5. The molecule has 2 amide bonds. The van der Waals surface area contributed by atoms with Crippen molar-refractivity contribution >= 4 is 73.7 Å². The van der Waals surface area contributed by atoms with Crippen LogP contribution in [-0.4, -0.2) is 32.5 Å². The van der Waals surface area contributed by atoms with E-state index in [0.29, 0.717) is 27.5 Å². The van der Waals surface area contributed by atoms with E-state index in [0.717, 1.165) is 4.31 Å². The Kier molecular flexibility index (Phi) is 9.67. The van der Waals surface area contributed by atoms with Crippen LogP contribution in [0.15, 0.2) is 107 Å². The highest BCUT2D eigenvalue weighted by molar-refractivity contribution is 7.92. The summed E-state index contributed by atoms with van der Waals surface area (Å²) in [6.07, 6.45) is 0. The molecule has 8 nitrogen and oxygen atoms in total. The lowest BCUT2D eigenvalue weighted by Gasteiger charge is -2.24. The number of sulfonamides is 1. The Labute approximate surface area is 252 Å². The van der Waals surface area contributed by atoms with Crippen molar-refractivity contribution in [2.75, 3.05) is 16.2 Å². The van der Waals surface area contributed by atoms with Crippen molar-refractivity contribution in [2.24, 2.45) is 5.10 Å². The van der Waals surface area contributed by atoms with E-state index in [-0.39, 0.29) is 26.5 Å². The minimum atomic E-state index is -4.16. The summed E-state index contributed by atoms with van der Waals surface area (Å²) in [6.45, 7) is 1.06. The first kappa shape index (κ1) is 30.1. The Morgan fingerprint density at radius 2 is 1.44 bits per heavy atom. The van der Waals surface area contributed by atoms with Crippen LogP contribution in [0.25, 0.3) is 0 Å². The maximum absolute atomic E-state index is 13.5. The molecule has 4 rings (SSSR count). The number of amides is 2. The van der Waals surface area contributed by atoms with Gasteiger partial charge in [-0.1, -0.05) is 71.2 Å². The van der Waals surface area contributed by atoms with Gasteiger partial charge in [-0.25, -0.2) is 13.8 Å². The zero-order valence-electron chi connectivity index (χ0n) is 21.5. The molecule has 0 heterocycles. The zero-order valence-corrected chi connectivity index (χ0v) is 24.6. The van der Waals surface area contributed by atoms with Gasteiger partial charge >= 0.3 is 0 Å². The molecule has 0 fully saturated rings. The minimum absolute atomic E-state index is 0.0137. The first-order valence-corrected chi connectivity index (χ1v) is 14.6. The molecule has 0 saturated carbocycles. The second-order valence-electron chi connectivity index (χ2n) is 8.73. The van der Waals surface area contributed by atoms with Gasteiger partial charge in [-0.3, -0.25) is 13.9 Å². The van der Waals surface area contributed by atoms with Crippen molar-refractivity contribution in [3.05, 3.63) is 123 Å². The van der Waals surface area contributed by atoms with E-state index >= 15 is 0 Å². The largest absolute Gasteiger partial charge is 0.322 e. The number of carbonyl (C=O) groups excluding carboxylic acids is 2. The molecule has 0 unspecified atom stereocenters. The highest BCUT2D eigenvalue weighted by atomic mass is 35.5. The van der Waals surface area contributed by atoms with Crippen LogP contribution in [-0.2, 0) is 14.8 Å².